The van der Waals surface area contributed by atoms with Crippen LogP contribution in [0.5, 0.6) is 0 Å². The van der Waals surface area contributed by atoms with Crippen molar-refractivity contribution in [1.29, 1.82) is 5.26 Å². The lowest BCUT2D eigenvalue weighted by Gasteiger charge is -2.11. The Kier molecular flexibility index (Phi) is 8.09. The molecule has 0 heterocycles. The van der Waals surface area contributed by atoms with Gasteiger partial charge >= 0.3 is 0 Å². The molecule has 0 radical (unpaired) electrons. The fourth-order valence-corrected chi connectivity index (χ4v) is 1.35. The Hall–Kier alpha value is -1.33. The topological polar surface area (TPSA) is 27.0 Å². The maximum Gasteiger partial charge on any atom is 0.0991 e. The molecule has 0 bridgehead atoms. The van der Waals surface area contributed by atoms with E-state index in [1.54, 1.807) is 0 Å². The van der Waals surface area contributed by atoms with Gasteiger partial charge in [-0.15, -0.1) is 0 Å². The van der Waals surface area contributed by atoms with Gasteiger partial charge in [0.25, 0.3) is 0 Å². The number of benzene rings is 1. The van der Waals surface area contributed by atoms with Crippen molar-refractivity contribution in [2.45, 2.75) is 33.6 Å². The van der Waals surface area contributed by atoms with E-state index in [0.717, 1.165) is 18.5 Å². The molecule has 17 heavy (non-hydrogen) atoms. The average Bonchev–Trinajstić information content (AvgIpc) is 2.29. The van der Waals surface area contributed by atoms with Gasteiger partial charge in [0.05, 0.1) is 11.6 Å². The van der Waals surface area contributed by atoms with E-state index in [9.17, 15) is 0 Å². The number of nitrogens with zero attached hydrogens (tertiary/aromatic N) is 2. The zero-order valence-corrected chi connectivity index (χ0v) is 11.7. The predicted octanol–water partition coefficient (Wildman–Crippen LogP) is 3.39. The highest BCUT2D eigenvalue weighted by Crippen LogP contribution is 2.11. The summed E-state index contributed by atoms with van der Waals surface area (Å²) in [6.07, 6.45) is 2.26. The molecule has 0 aromatic heterocycles. The molecule has 0 aliphatic heterocycles. The molecule has 1 rings (SSSR count). The van der Waals surface area contributed by atoms with Gasteiger partial charge in [0.2, 0.25) is 0 Å². The van der Waals surface area contributed by atoms with Crippen molar-refractivity contribution in [2.75, 3.05) is 20.6 Å². The highest BCUT2D eigenvalue weighted by Gasteiger charge is 2.00. The molecule has 0 saturated carbocycles. The Bertz CT molecular complexity index is 362. The first-order chi connectivity index (χ1) is 8.04. The summed E-state index contributed by atoms with van der Waals surface area (Å²) in [6, 6.07) is 8.04. The summed E-state index contributed by atoms with van der Waals surface area (Å²) in [4.78, 5) is 2.15. The minimum absolute atomic E-state index is 0.754. The van der Waals surface area contributed by atoms with Crippen LogP contribution in [0.4, 0.5) is 0 Å². The van der Waals surface area contributed by atoms with Gasteiger partial charge in [0.15, 0.2) is 0 Å². The van der Waals surface area contributed by atoms with E-state index in [1.165, 1.54) is 17.5 Å². The summed E-state index contributed by atoms with van der Waals surface area (Å²) < 4.78 is 0. The van der Waals surface area contributed by atoms with Gasteiger partial charge in [0.1, 0.15) is 0 Å². The summed E-state index contributed by atoms with van der Waals surface area (Å²) in [5.41, 5.74) is 3.30. The van der Waals surface area contributed by atoms with Gasteiger partial charge in [-0.3, -0.25) is 0 Å². The van der Waals surface area contributed by atoms with Crippen molar-refractivity contribution >= 4 is 0 Å². The highest BCUT2D eigenvalue weighted by molar-refractivity contribution is 5.37. The third-order valence-electron chi connectivity index (χ3n) is 2.31. The molecular formula is C15H24N2. The molecule has 0 unspecified atom stereocenters. The smallest absolute Gasteiger partial charge is 0.0991 e. The van der Waals surface area contributed by atoms with Crippen molar-refractivity contribution in [3.05, 3.63) is 34.9 Å². The molecule has 0 atom stereocenters. The van der Waals surface area contributed by atoms with Crippen LogP contribution in [0, 0.1) is 18.3 Å². The number of rotatable bonds is 3. The van der Waals surface area contributed by atoms with Crippen molar-refractivity contribution in [3.8, 4) is 6.07 Å². The monoisotopic (exact) mass is 232 g/mol. The lowest BCUT2D eigenvalue weighted by atomic mass is 10.0. The average molecular weight is 232 g/mol. The molecule has 0 aliphatic carbocycles. The second kappa shape index (κ2) is 8.78. The predicted molar refractivity (Wildman–Crippen MR) is 74.1 cm³/mol. The van der Waals surface area contributed by atoms with Gasteiger partial charge in [0, 0.05) is 6.54 Å². The zero-order valence-electron chi connectivity index (χ0n) is 11.7. The first-order valence-electron chi connectivity index (χ1n) is 6.19. The van der Waals surface area contributed by atoms with E-state index in [1.807, 2.05) is 18.2 Å². The minimum atomic E-state index is 0.754. The van der Waals surface area contributed by atoms with Crippen LogP contribution < -0.4 is 0 Å². The lowest BCUT2D eigenvalue weighted by molar-refractivity contribution is 0.413. The second-order valence-electron chi connectivity index (χ2n) is 4.51. The van der Waals surface area contributed by atoms with Crippen LogP contribution in [-0.4, -0.2) is 25.5 Å². The molecule has 0 spiro atoms. The van der Waals surface area contributed by atoms with Crippen molar-refractivity contribution < 1.29 is 0 Å². The van der Waals surface area contributed by atoms with Gasteiger partial charge in [-0.1, -0.05) is 26.3 Å². The van der Waals surface area contributed by atoms with Crippen molar-refractivity contribution in [2.24, 2.45) is 0 Å². The van der Waals surface area contributed by atoms with Crippen LogP contribution in [0.25, 0.3) is 0 Å². The Morgan fingerprint density at radius 1 is 1.24 bits per heavy atom. The third kappa shape index (κ3) is 6.76. The van der Waals surface area contributed by atoms with Gasteiger partial charge in [-0.2, -0.15) is 5.26 Å². The van der Waals surface area contributed by atoms with Crippen LogP contribution >= 0.6 is 0 Å². The normalized spacial score (nSPS) is 9.47. The Morgan fingerprint density at radius 3 is 2.29 bits per heavy atom. The minimum Gasteiger partial charge on any atom is -0.309 e. The maximum absolute atomic E-state index is 8.77. The number of nitriles is 1. The molecular weight excluding hydrogens is 208 g/mol. The van der Waals surface area contributed by atoms with E-state index in [2.05, 4.69) is 45.8 Å². The molecule has 0 aliphatic rings. The highest BCUT2D eigenvalue weighted by atomic mass is 15.0. The summed E-state index contributed by atoms with van der Waals surface area (Å²) in [5.74, 6) is 0. The van der Waals surface area contributed by atoms with Gasteiger partial charge in [-0.25, -0.2) is 0 Å². The van der Waals surface area contributed by atoms with E-state index in [0.29, 0.717) is 0 Å². The Morgan fingerprint density at radius 2 is 1.82 bits per heavy atom. The van der Waals surface area contributed by atoms with E-state index in [-0.39, 0.29) is 0 Å². The standard InChI is InChI=1S/C12H16N2.C3H8/c1-10-4-5-11(9-13)8-12(10)6-7-14(2)3;1-3-2/h4-5,8H,6-7H2,1-3H3;3H2,1-2H3. The first kappa shape index (κ1) is 15.7. The number of hydrogen-bond acceptors (Lipinski definition) is 2. The summed E-state index contributed by atoms with van der Waals surface area (Å²) in [6.45, 7) is 7.36. The second-order valence-corrected chi connectivity index (χ2v) is 4.51. The van der Waals surface area contributed by atoms with Gasteiger partial charge in [-0.05, 0) is 50.7 Å². The first-order valence-corrected chi connectivity index (χ1v) is 6.19. The maximum atomic E-state index is 8.77. The molecule has 1 aromatic carbocycles. The Balaban J connectivity index is 0.000000770. The van der Waals surface area contributed by atoms with Crippen LogP contribution in [-0.2, 0) is 6.42 Å². The molecule has 2 nitrogen and oxygen atoms in total. The third-order valence-corrected chi connectivity index (χ3v) is 2.31. The Labute approximate surface area is 106 Å². The van der Waals surface area contributed by atoms with Crippen LogP contribution in [0.1, 0.15) is 37.0 Å². The number of hydrogen-bond donors (Lipinski definition) is 0. The van der Waals surface area contributed by atoms with Crippen molar-refractivity contribution in [3.63, 3.8) is 0 Å². The largest absolute Gasteiger partial charge is 0.309 e. The van der Waals surface area contributed by atoms with E-state index in [4.69, 9.17) is 5.26 Å². The van der Waals surface area contributed by atoms with Crippen LogP contribution in [0.15, 0.2) is 18.2 Å². The summed E-state index contributed by atoms with van der Waals surface area (Å²) in [7, 11) is 4.12. The quantitative estimate of drug-likeness (QED) is 0.798. The number of likely N-dealkylation sites (N-methyl/N-ethyl adjacent to an activating group) is 1. The van der Waals surface area contributed by atoms with Crippen molar-refractivity contribution in [1.82, 2.24) is 4.90 Å². The molecule has 94 valence electrons. The van der Waals surface area contributed by atoms with Crippen LogP contribution in [0.3, 0.4) is 0 Å². The molecule has 0 N–H and O–H groups in total. The lowest BCUT2D eigenvalue weighted by Crippen LogP contribution is -2.15. The summed E-state index contributed by atoms with van der Waals surface area (Å²) in [5, 5.41) is 8.77. The fraction of sp³-hybridized carbons (Fsp3) is 0.533. The SMILES string of the molecule is CCC.Cc1ccc(C#N)cc1CCN(C)C. The van der Waals surface area contributed by atoms with E-state index < -0.39 is 0 Å². The van der Waals surface area contributed by atoms with Crippen LogP contribution in [0.2, 0.25) is 0 Å². The van der Waals surface area contributed by atoms with E-state index >= 15 is 0 Å². The van der Waals surface area contributed by atoms with Gasteiger partial charge < -0.3 is 4.90 Å². The summed E-state index contributed by atoms with van der Waals surface area (Å²) >= 11 is 0. The molecule has 1 aromatic rings. The molecule has 2 heteroatoms. The molecule has 0 fully saturated rings. The molecule has 0 amide bonds. The number of aryl methyl sites for hydroxylation is 1. The fourth-order valence-electron chi connectivity index (χ4n) is 1.35. The zero-order chi connectivity index (χ0) is 13.3. The molecule has 0 saturated heterocycles.